The topological polar surface area (TPSA) is 107 Å². The number of rotatable bonds is 7. The predicted molar refractivity (Wildman–Crippen MR) is 142 cm³/mol. The van der Waals surface area contributed by atoms with Crippen LogP contribution >= 0.6 is 0 Å². The molecule has 14 heteroatoms. The summed E-state index contributed by atoms with van der Waals surface area (Å²) in [5.41, 5.74) is -0.143. The normalized spacial score (nSPS) is 17.0. The van der Waals surface area contributed by atoms with Crippen LogP contribution in [-0.4, -0.2) is 70.6 Å². The molecule has 9 nitrogen and oxygen atoms in total. The number of nitrogens with one attached hydrogen (secondary N) is 1. The summed E-state index contributed by atoms with van der Waals surface area (Å²) in [5, 5.41) is 2.61. The van der Waals surface area contributed by atoms with Crippen molar-refractivity contribution in [2.75, 3.05) is 49.5 Å². The van der Waals surface area contributed by atoms with Crippen molar-refractivity contribution in [3.05, 3.63) is 83.9 Å². The van der Waals surface area contributed by atoms with Gasteiger partial charge in [0.1, 0.15) is 0 Å². The monoisotopic (exact) mass is 594 g/mol. The zero-order valence-electron chi connectivity index (χ0n) is 21.0. The molecule has 2 aliphatic rings. The van der Waals surface area contributed by atoms with Crippen molar-refractivity contribution in [1.29, 1.82) is 0 Å². The lowest BCUT2D eigenvalue weighted by Crippen LogP contribution is -2.48. The lowest BCUT2D eigenvalue weighted by atomic mass is 10.1. The lowest BCUT2D eigenvalue weighted by molar-refractivity contribution is -0.137. The summed E-state index contributed by atoms with van der Waals surface area (Å²) in [5.74, 6) is -0.651. The van der Waals surface area contributed by atoms with Gasteiger partial charge < -0.3 is 10.2 Å². The molecule has 2 fully saturated rings. The van der Waals surface area contributed by atoms with E-state index >= 15 is 0 Å². The molecular weight excluding hydrogens is 569 g/mol. The molecule has 1 amide bonds. The predicted octanol–water partition coefficient (Wildman–Crippen LogP) is 3.47. The third kappa shape index (κ3) is 5.70. The van der Waals surface area contributed by atoms with Gasteiger partial charge in [-0.25, -0.2) is 16.8 Å². The first-order chi connectivity index (χ1) is 18.9. The summed E-state index contributed by atoms with van der Waals surface area (Å²) in [6.45, 7) is 1.39. The van der Waals surface area contributed by atoms with E-state index in [0.717, 1.165) is 12.1 Å². The number of alkyl halides is 3. The molecule has 0 saturated carbocycles. The second-order valence-electron chi connectivity index (χ2n) is 9.32. The SMILES string of the molecule is O=C(Nc1ccc(S(=O)(=O)N2CCN(c3cccc(C(F)(F)F)c3)CC2)cc1)c1ccccc1S(=O)(=O)N1CC1. The third-order valence-corrected chi connectivity index (χ3v) is 10.6. The minimum atomic E-state index is -4.47. The van der Waals surface area contributed by atoms with Crippen LogP contribution in [0, 0.1) is 0 Å². The van der Waals surface area contributed by atoms with Crippen molar-refractivity contribution < 1.29 is 34.8 Å². The highest BCUT2D eigenvalue weighted by molar-refractivity contribution is 7.89. The van der Waals surface area contributed by atoms with Crippen LogP contribution in [0.5, 0.6) is 0 Å². The van der Waals surface area contributed by atoms with E-state index in [1.165, 1.54) is 57.1 Å². The van der Waals surface area contributed by atoms with Crippen molar-refractivity contribution in [2.24, 2.45) is 0 Å². The van der Waals surface area contributed by atoms with Crippen LogP contribution in [0.2, 0.25) is 0 Å². The summed E-state index contributed by atoms with van der Waals surface area (Å²) in [6.07, 6.45) is -4.47. The Morgan fingerprint density at radius 2 is 1.32 bits per heavy atom. The van der Waals surface area contributed by atoms with Crippen LogP contribution in [0.4, 0.5) is 24.5 Å². The van der Waals surface area contributed by atoms with Gasteiger partial charge >= 0.3 is 6.18 Å². The zero-order chi connectivity index (χ0) is 28.7. The van der Waals surface area contributed by atoms with Gasteiger partial charge in [0, 0.05) is 50.6 Å². The number of amides is 1. The van der Waals surface area contributed by atoms with Crippen molar-refractivity contribution in [3.8, 4) is 0 Å². The van der Waals surface area contributed by atoms with Crippen LogP contribution < -0.4 is 10.2 Å². The molecule has 1 N–H and O–H groups in total. The zero-order valence-corrected chi connectivity index (χ0v) is 22.6. The van der Waals surface area contributed by atoms with Gasteiger partial charge in [-0.05, 0) is 54.6 Å². The second kappa shape index (κ2) is 10.5. The molecule has 3 aromatic carbocycles. The van der Waals surface area contributed by atoms with E-state index in [1.54, 1.807) is 17.0 Å². The van der Waals surface area contributed by atoms with Crippen LogP contribution in [0.15, 0.2) is 82.6 Å². The van der Waals surface area contributed by atoms with E-state index in [9.17, 15) is 34.8 Å². The molecule has 2 aliphatic heterocycles. The number of piperazine rings is 1. The Bertz CT molecular complexity index is 1630. The van der Waals surface area contributed by atoms with E-state index in [1.807, 2.05) is 0 Å². The van der Waals surface area contributed by atoms with Gasteiger partial charge in [0.05, 0.1) is 20.9 Å². The van der Waals surface area contributed by atoms with Crippen molar-refractivity contribution >= 4 is 37.3 Å². The molecule has 2 saturated heterocycles. The van der Waals surface area contributed by atoms with Gasteiger partial charge in [0.2, 0.25) is 20.0 Å². The maximum atomic E-state index is 13.2. The van der Waals surface area contributed by atoms with Crippen molar-refractivity contribution in [1.82, 2.24) is 8.61 Å². The number of sulfonamides is 2. The largest absolute Gasteiger partial charge is 0.416 e. The summed E-state index contributed by atoms with van der Waals surface area (Å²) < 4.78 is 93.4. The van der Waals surface area contributed by atoms with E-state index in [4.69, 9.17) is 0 Å². The number of halogens is 3. The van der Waals surface area contributed by atoms with E-state index in [2.05, 4.69) is 5.32 Å². The Hall–Kier alpha value is -3.46. The maximum Gasteiger partial charge on any atom is 0.416 e. The first kappa shape index (κ1) is 28.1. The number of nitrogens with zero attached hydrogens (tertiary/aromatic N) is 3. The Kier molecular flexibility index (Phi) is 7.37. The van der Waals surface area contributed by atoms with Crippen molar-refractivity contribution in [3.63, 3.8) is 0 Å². The highest BCUT2D eigenvalue weighted by Gasteiger charge is 2.36. The molecular formula is C26H25F3N4O5S2. The number of hydrogen-bond donors (Lipinski definition) is 1. The van der Waals surface area contributed by atoms with Crippen LogP contribution in [-0.2, 0) is 26.2 Å². The molecule has 0 unspecified atom stereocenters. The molecule has 0 radical (unpaired) electrons. The van der Waals surface area contributed by atoms with E-state index in [0.29, 0.717) is 18.8 Å². The van der Waals surface area contributed by atoms with Crippen molar-refractivity contribution in [2.45, 2.75) is 16.0 Å². The Balaban J connectivity index is 1.25. The minimum absolute atomic E-state index is 0.0115. The fourth-order valence-electron chi connectivity index (χ4n) is 4.42. The van der Waals surface area contributed by atoms with Gasteiger partial charge in [-0.1, -0.05) is 18.2 Å². The summed E-state index contributed by atoms with van der Waals surface area (Å²) >= 11 is 0. The molecule has 0 aliphatic carbocycles. The maximum absolute atomic E-state index is 13.2. The Morgan fingerprint density at radius 1 is 0.725 bits per heavy atom. The van der Waals surface area contributed by atoms with Gasteiger partial charge in [-0.2, -0.15) is 21.8 Å². The first-order valence-corrected chi connectivity index (χ1v) is 15.2. The van der Waals surface area contributed by atoms with Gasteiger partial charge in [-0.3, -0.25) is 4.79 Å². The fraction of sp³-hybridized carbons (Fsp3) is 0.269. The van der Waals surface area contributed by atoms with E-state index in [-0.39, 0.29) is 47.2 Å². The number of benzene rings is 3. The molecule has 2 heterocycles. The standard InChI is InChI=1S/C26H25F3N4O5S2/c27-26(28,29)19-4-3-5-21(18-19)31-12-14-32(15-13-31)39(35,36)22-10-8-20(9-11-22)30-25(34)23-6-1-2-7-24(23)40(37,38)33-16-17-33/h1-11,18H,12-17H2,(H,30,34). The van der Waals surface area contributed by atoms with Gasteiger partial charge in [0.15, 0.2) is 0 Å². The number of anilines is 2. The molecule has 5 rings (SSSR count). The average Bonchev–Trinajstić information content (AvgIpc) is 3.80. The molecule has 0 aromatic heterocycles. The average molecular weight is 595 g/mol. The van der Waals surface area contributed by atoms with Crippen LogP contribution in [0.1, 0.15) is 15.9 Å². The Morgan fingerprint density at radius 3 is 1.95 bits per heavy atom. The summed E-state index contributed by atoms with van der Waals surface area (Å²) in [6, 6.07) is 16.3. The van der Waals surface area contributed by atoms with Crippen LogP contribution in [0.25, 0.3) is 0 Å². The van der Waals surface area contributed by atoms with Gasteiger partial charge in [-0.15, -0.1) is 0 Å². The summed E-state index contributed by atoms with van der Waals surface area (Å²) in [7, 11) is -7.66. The lowest BCUT2D eigenvalue weighted by Gasteiger charge is -2.35. The van der Waals surface area contributed by atoms with E-state index < -0.39 is 37.7 Å². The summed E-state index contributed by atoms with van der Waals surface area (Å²) in [4.78, 5) is 14.5. The molecule has 0 bridgehead atoms. The number of carbonyl (C=O) groups is 1. The molecule has 3 aromatic rings. The van der Waals surface area contributed by atoms with Gasteiger partial charge in [0.25, 0.3) is 5.91 Å². The third-order valence-electron chi connectivity index (χ3n) is 6.68. The number of carbonyl (C=O) groups excluding carboxylic acids is 1. The highest BCUT2D eigenvalue weighted by atomic mass is 32.2. The number of hydrogen-bond acceptors (Lipinski definition) is 6. The minimum Gasteiger partial charge on any atom is -0.369 e. The fourth-order valence-corrected chi connectivity index (χ4v) is 7.37. The molecule has 212 valence electrons. The highest BCUT2D eigenvalue weighted by Crippen LogP contribution is 2.32. The molecule has 0 atom stereocenters. The second-order valence-corrected chi connectivity index (χ2v) is 13.2. The first-order valence-electron chi connectivity index (χ1n) is 12.3. The Labute approximate surface area is 229 Å². The molecule has 40 heavy (non-hydrogen) atoms. The smallest absolute Gasteiger partial charge is 0.369 e. The van der Waals surface area contributed by atoms with Crippen LogP contribution in [0.3, 0.4) is 0 Å². The quantitative estimate of drug-likeness (QED) is 0.420. The molecule has 0 spiro atoms.